The molecule has 144 valence electrons. The summed E-state index contributed by atoms with van der Waals surface area (Å²) in [7, 11) is 0. The van der Waals surface area contributed by atoms with Crippen molar-refractivity contribution in [2.45, 2.75) is 52.1 Å². The number of nitrogens with one attached hydrogen (secondary N) is 1. The van der Waals surface area contributed by atoms with E-state index in [1.54, 1.807) is 0 Å². The van der Waals surface area contributed by atoms with E-state index in [9.17, 15) is 9.59 Å². The van der Waals surface area contributed by atoms with E-state index in [1.807, 2.05) is 24.3 Å². The highest BCUT2D eigenvalue weighted by molar-refractivity contribution is 5.83. The molecule has 0 saturated heterocycles. The van der Waals surface area contributed by atoms with Crippen molar-refractivity contribution in [2.24, 2.45) is 5.92 Å². The SMILES string of the molecule is CCc1ccc(-c2noc(COC(=O)CNC(=O)C3CCCCC3)n2)cc1. The van der Waals surface area contributed by atoms with Crippen LogP contribution in [0.2, 0.25) is 0 Å². The molecule has 0 radical (unpaired) electrons. The summed E-state index contributed by atoms with van der Waals surface area (Å²) in [4.78, 5) is 28.1. The summed E-state index contributed by atoms with van der Waals surface area (Å²) in [5, 5.41) is 6.56. The van der Waals surface area contributed by atoms with Gasteiger partial charge in [0, 0.05) is 11.5 Å². The number of aromatic nitrogens is 2. The van der Waals surface area contributed by atoms with Crippen LogP contribution in [0.3, 0.4) is 0 Å². The van der Waals surface area contributed by atoms with E-state index in [0.29, 0.717) is 5.82 Å². The Morgan fingerprint density at radius 1 is 1.19 bits per heavy atom. The Kier molecular flexibility index (Phi) is 6.57. The van der Waals surface area contributed by atoms with Crippen molar-refractivity contribution in [3.63, 3.8) is 0 Å². The summed E-state index contributed by atoms with van der Waals surface area (Å²) >= 11 is 0. The first kappa shape index (κ1) is 19.1. The van der Waals surface area contributed by atoms with E-state index in [-0.39, 0.29) is 30.9 Å². The second-order valence-corrected chi connectivity index (χ2v) is 6.78. The minimum Gasteiger partial charge on any atom is -0.454 e. The summed E-state index contributed by atoms with van der Waals surface area (Å²) in [6.45, 7) is 1.83. The van der Waals surface area contributed by atoms with Crippen molar-refractivity contribution in [2.75, 3.05) is 6.54 Å². The van der Waals surface area contributed by atoms with Crippen LogP contribution in [0.4, 0.5) is 0 Å². The van der Waals surface area contributed by atoms with Crippen LogP contribution >= 0.6 is 0 Å². The molecule has 1 heterocycles. The lowest BCUT2D eigenvalue weighted by Gasteiger charge is -2.20. The number of amides is 1. The van der Waals surface area contributed by atoms with Gasteiger partial charge in [-0.05, 0) is 24.8 Å². The van der Waals surface area contributed by atoms with Gasteiger partial charge in [0.05, 0.1) is 0 Å². The second-order valence-electron chi connectivity index (χ2n) is 6.78. The Bertz CT molecular complexity index is 764. The number of benzene rings is 1. The van der Waals surface area contributed by atoms with Gasteiger partial charge in [-0.25, -0.2) is 0 Å². The average molecular weight is 371 g/mol. The summed E-state index contributed by atoms with van der Waals surface area (Å²) < 4.78 is 10.2. The largest absolute Gasteiger partial charge is 0.454 e. The fraction of sp³-hybridized carbons (Fsp3) is 0.500. The first-order chi connectivity index (χ1) is 13.2. The fourth-order valence-electron chi connectivity index (χ4n) is 3.18. The molecule has 2 aromatic rings. The van der Waals surface area contributed by atoms with Crippen LogP contribution in [0.5, 0.6) is 0 Å². The van der Waals surface area contributed by atoms with E-state index >= 15 is 0 Å². The summed E-state index contributed by atoms with van der Waals surface area (Å²) in [5.41, 5.74) is 2.07. The molecule has 1 fully saturated rings. The standard InChI is InChI=1S/C20H25N3O4/c1-2-14-8-10-15(11-9-14)19-22-17(27-23-19)13-26-18(24)12-21-20(25)16-6-4-3-5-7-16/h8-11,16H,2-7,12-13H2,1H3,(H,21,25). The number of hydrogen-bond acceptors (Lipinski definition) is 6. The summed E-state index contributed by atoms with van der Waals surface area (Å²) in [6, 6.07) is 7.89. The predicted octanol–water partition coefficient (Wildman–Crippen LogP) is 3.04. The number of esters is 1. The van der Waals surface area contributed by atoms with Crippen LogP contribution in [-0.4, -0.2) is 28.6 Å². The van der Waals surface area contributed by atoms with Gasteiger partial charge in [-0.1, -0.05) is 55.6 Å². The number of nitrogens with zero attached hydrogens (tertiary/aromatic N) is 2. The smallest absolute Gasteiger partial charge is 0.325 e. The molecular formula is C20H25N3O4. The van der Waals surface area contributed by atoms with Crippen molar-refractivity contribution in [3.8, 4) is 11.4 Å². The molecule has 3 rings (SSSR count). The molecule has 0 spiro atoms. The highest BCUT2D eigenvalue weighted by Crippen LogP contribution is 2.23. The molecule has 1 aliphatic rings. The molecule has 1 aromatic carbocycles. The van der Waals surface area contributed by atoms with Crippen molar-refractivity contribution in [3.05, 3.63) is 35.7 Å². The molecule has 27 heavy (non-hydrogen) atoms. The summed E-state index contributed by atoms with van der Waals surface area (Å²) in [5.74, 6) is 0.100. The van der Waals surface area contributed by atoms with Gasteiger partial charge in [0.1, 0.15) is 6.54 Å². The van der Waals surface area contributed by atoms with Gasteiger partial charge in [-0.3, -0.25) is 9.59 Å². The van der Waals surface area contributed by atoms with Crippen LogP contribution in [-0.2, 0) is 27.4 Å². The van der Waals surface area contributed by atoms with Gasteiger partial charge in [0.15, 0.2) is 6.61 Å². The first-order valence-electron chi connectivity index (χ1n) is 9.51. The highest BCUT2D eigenvalue weighted by atomic mass is 16.6. The van der Waals surface area contributed by atoms with E-state index in [4.69, 9.17) is 9.26 Å². The summed E-state index contributed by atoms with van der Waals surface area (Å²) in [6.07, 6.45) is 6.08. The fourth-order valence-corrected chi connectivity index (χ4v) is 3.18. The van der Waals surface area contributed by atoms with Crippen LogP contribution in [0.1, 0.15) is 50.5 Å². The Morgan fingerprint density at radius 2 is 1.93 bits per heavy atom. The lowest BCUT2D eigenvalue weighted by atomic mass is 9.89. The number of rotatable bonds is 7. The molecular weight excluding hydrogens is 346 g/mol. The lowest BCUT2D eigenvalue weighted by Crippen LogP contribution is -2.36. The average Bonchev–Trinajstić information content (AvgIpc) is 3.20. The van der Waals surface area contributed by atoms with Gasteiger partial charge in [0.25, 0.3) is 5.89 Å². The van der Waals surface area contributed by atoms with Crippen molar-refractivity contribution < 1.29 is 18.8 Å². The van der Waals surface area contributed by atoms with Crippen molar-refractivity contribution in [1.82, 2.24) is 15.5 Å². The molecule has 0 unspecified atom stereocenters. The van der Waals surface area contributed by atoms with Crippen molar-refractivity contribution >= 4 is 11.9 Å². The molecule has 0 atom stereocenters. The maximum Gasteiger partial charge on any atom is 0.325 e. The van der Waals surface area contributed by atoms with Crippen LogP contribution < -0.4 is 5.32 Å². The van der Waals surface area contributed by atoms with E-state index in [1.165, 1.54) is 12.0 Å². The zero-order valence-corrected chi connectivity index (χ0v) is 15.6. The van der Waals surface area contributed by atoms with Crippen LogP contribution in [0.25, 0.3) is 11.4 Å². The number of hydrogen-bond donors (Lipinski definition) is 1. The number of carbonyl (C=O) groups excluding carboxylic acids is 2. The van der Waals surface area contributed by atoms with Gasteiger partial charge >= 0.3 is 5.97 Å². The Morgan fingerprint density at radius 3 is 2.63 bits per heavy atom. The van der Waals surface area contributed by atoms with Crippen LogP contribution in [0.15, 0.2) is 28.8 Å². The maximum absolute atomic E-state index is 12.0. The Balaban J connectivity index is 1.43. The zero-order chi connectivity index (χ0) is 19.1. The van der Waals surface area contributed by atoms with Crippen molar-refractivity contribution in [1.29, 1.82) is 0 Å². The quantitative estimate of drug-likeness (QED) is 0.752. The molecule has 1 aromatic heterocycles. The normalized spacial score (nSPS) is 14.7. The minimum absolute atomic E-state index is 0.0177. The lowest BCUT2D eigenvalue weighted by molar-refractivity contribution is -0.146. The molecule has 1 aliphatic carbocycles. The maximum atomic E-state index is 12.0. The third kappa shape index (κ3) is 5.39. The van der Waals surface area contributed by atoms with Crippen LogP contribution in [0, 0.1) is 5.92 Å². The molecule has 0 aliphatic heterocycles. The number of ether oxygens (including phenoxy) is 1. The van der Waals surface area contributed by atoms with E-state index < -0.39 is 5.97 Å². The minimum atomic E-state index is -0.522. The second kappa shape index (κ2) is 9.30. The van der Waals surface area contributed by atoms with E-state index in [0.717, 1.165) is 37.7 Å². The molecule has 1 N–H and O–H groups in total. The first-order valence-corrected chi connectivity index (χ1v) is 9.51. The third-order valence-electron chi connectivity index (χ3n) is 4.83. The predicted molar refractivity (Wildman–Crippen MR) is 98.5 cm³/mol. The third-order valence-corrected chi connectivity index (χ3v) is 4.83. The number of aryl methyl sites for hydroxylation is 1. The molecule has 0 bridgehead atoms. The number of carbonyl (C=O) groups is 2. The van der Waals surface area contributed by atoms with Gasteiger partial charge in [-0.2, -0.15) is 4.98 Å². The van der Waals surface area contributed by atoms with Gasteiger partial charge in [-0.15, -0.1) is 0 Å². The molecule has 1 amide bonds. The van der Waals surface area contributed by atoms with Gasteiger partial charge in [0.2, 0.25) is 11.7 Å². The monoisotopic (exact) mass is 371 g/mol. The Hall–Kier alpha value is -2.70. The molecule has 1 saturated carbocycles. The van der Waals surface area contributed by atoms with E-state index in [2.05, 4.69) is 22.4 Å². The topological polar surface area (TPSA) is 94.3 Å². The molecule has 7 heteroatoms. The highest BCUT2D eigenvalue weighted by Gasteiger charge is 2.21. The van der Waals surface area contributed by atoms with Gasteiger partial charge < -0.3 is 14.6 Å². The Labute approximate surface area is 158 Å². The zero-order valence-electron chi connectivity index (χ0n) is 15.6. The molecule has 7 nitrogen and oxygen atoms in total.